The lowest BCUT2D eigenvalue weighted by Gasteiger charge is -2.30. The zero-order chi connectivity index (χ0) is 53.1. The summed E-state index contributed by atoms with van der Waals surface area (Å²) in [5.41, 5.74) is 16.5. The third-order valence-corrected chi connectivity index (χ3v) is 18.4. The predicted octanol–water partition coefficient (Wildman–Crippen LogP) is 22.4. The van der Waals surface area contributed by atoms with Gasteiger partial charge in [-0.25, -0.2) is 0 Å². The average molecular weight is 1040 g/mol. The number of benzene rings is 14. The van der Waals surface area contributed by atoms with Crippen LogP contribution in [0.3, 0.4) is 0 Å². The standard InChI is InChI=1S/C77H52N2S/c1-77(2)71-47-55(78(53-19-4-3-5-20-53)73-29-16-18-50-17-6-7-21-58(50)73)37-40-65(71)66-41-38-56(48-72(66)77)79(74-43-42-57(59-22-12-13-27-67(59)74)52-34-44-76-70(46-52)68-28-14-15-30-75(68)80-76)54-35-31-49(32-36-54)51-33-39-64-62-25-9-8-23-60(62)61-24-10-11-26-63(61)69(64)45-51/h3-48H,1-2H3. The summed E-state index contributed by atoms with van der Waals surface area (Å²) < 4.78 is 2.63. The Kier molecular flexibility index (Phi) is 10.5. The fourth-order valence-corrected chi connectivity index (χ4v) is 14.4. The molecule has 0 aliphatic heterocycles. The van der Waals surface area contributed by atoms with E-state index in [0.717, 1.165) is 34.1 Å². The van der Waals surface area contributed by atoms with E-state index in [1.807, 2.05) is 11.3 Å². The Hall–Kier alpha value is -9.80. The maximum absolute atomic E-state index is 2.49. The third kappa shape index (κ3) is 7.24. The van der Waals surface area contributed by atoms with Gasteiger partial charge in [0.25, 0.3) is 0 Å². The van der Waals surface area contributed by atoms with Gasteiger partial charge in [0, 0.05) is 59.1 Å². The van der Waals surface area contributed by atoms with E-state index in [1.165, 1.54) is 119 Å². The lowest BCUT2D eigenvalue weighted by Crippen LogP contribution is -2.18. The Morgan fingerprint density at radius 1 is 0.263 bits per heavy atom. The van der Waals surface area contributed by atoms with Crippen molar-refractivity contribution in [3.8, 4) is 33.4 Å². The Labute approximate surface area is 469 Å². The number of hydrogen-bond donors (Lipinski definition) is 0. The first-order valence-electron chi connectivity index (χ1n) is 27.7. The predicted molar refractivity (Wildman–Crippen MR) is 345 cm³/mol. The first kappa shape index (κ1) is 46.3. The van der Waals surface area contributed by atoms with E-state index in [0.29, 0.717) is 0 Å². The van der Waals surface area contributed by atoms with Crippen molar-refractivity contribution in [2.45, 2.75) is 19.3 Å². The Bertz CT molecular complexity index is 4950. The van der Waals surface area contributed by atoms with Gasteiger partial charge in [-0.05, 0) is 173 Å². The molecule has 376 valence electrons. The summed E-state index contributed by atoms with van der Waals surface area (Å²) >= 11 is 1.87. The highest BCUT2D eigenvalue weighted by atomic mass is 32.1. The minimum absolute atomic E-state index is 0.310. The first-order chi connectivity index (χ1) is 39.4. The van der Waals surface area contributed by atoms with E-state index in [1.54, 1.807) is 0 Å². The SMILES string of the molecule is CC1(C)c2cc(N(c3ccccc3)c3cccc4ccccc34)ccc2-c2ccc(N(c3ccc(-c4ccc5c6ccccc6c6ccccc6c5c4)cc3)c3ccc(-c4ccc5sc6ccccc6c5c4)c4ccccc34)cc21. The molecule has 0 atom stereocenters. The molecular formula is C77H52N2S. The molecule has 0 spiro atoms. The van der Waals surface area contributed by atoms with Gasteiger partial charge < -0.3 is 9.80 Å². The first-order valence-corrected chi connectivity index (χ1v) is 28.5. The number of thiophene rings is 1. The molecule has 0 radical (unpaired) electrons. The van der Waals surface area contributed by atoms with Crippen molar-refractivity contribution in [1.29, 1.82) is 0 Å². The van der Waals surface area contributed by atoms with Gasteiger partial charge in [-0.15, -0.1) is 11.3 Å². The summed E-state index contributed by atoms with van der Waals surface area (Å²) in [6.45, 7) is 4.81. The molecule has 0 fully saturated rings. The van der Waals surface area contributed by atoms with Crippen molar-refractivity contribution in [3.05, 3.63) is 290 Å². The van der Waals surface area contributed by atoms with Crippen molar-refractivity contribution < 1.29 is 0 Å². The summed E-state index contributed by atoms with van der Waals surface area (Å²) in [5.74, 6) is 0. The number of anilines is 6. The van der Waals surface area contributed by atoms with Crippen LogP contribution in [-0.2, 0) is 5.41 Å². The molecule has 3 heteroatoms. The summed E-state index contributed by atoms with van der Waals surface area (Å²) in [6, 6.07) is 104. The molecule has 15 aromatic rings. The van der Waals surface area contributed by atoms with Crippen molar-refractivity contribution in [3.63, 3.8) is 0 Å². The van der Waals surface area contributed by atoms with Crippen LogP contribution in [0, 0.1) is 0 Å². The smallest absolute Gasteiger partial charge is 0.0540 e. The molecule has 0 bridgehead atoms. The van der Waals surface area contributed by atoms with Crippen molar-refractivity contribution in [2.75, 3.05) is 9.80 Å². The number of hydrogen-bond acceptors (Lipinski definition) is 3. The van der Waals surface area contributed by atoms with Crippen LogP contribution >= 0.6 is 11.3 Å². The largest absolute Gasteiger partial charge is 0.310 e. The molecule has 1 aromatic heterocycles. The number of fused-ring (bicyclic) bond motifs is 14. The van der Waals surface area contributed by atoms with Gasteiger partial charge in [-0.3, -0.25) is 0 Å². The molecule has 14 aromatic carbocycles. The second-order valence-electron chi connectivity index (χ2n) is 22.0. The van der Waals surface area contributed by atoms with E-state index < -0.39 is 0 Å². The summed E-state index contributed by atoms with van der Waals surface area (Å²) in [7, 11) is 0. The normalized spacial score (nSPS) is 12.7. The van der Waals surface area contributed by atoms with Crippen LogP contribution in [0.1, 0.15) is 25.0 Å². The minimum Gasteiger partial charge on any atom is -0.310 e. The molecular weight excluding hydrogens is 985 g/mol. The van der Waals surface area contributed by atoms with Gasteiger partial charge in [0.2, 0.25) is 0 Å². The zero-order valence-electron chi connectivity index (χ0n) is 44.4. The molecule has 2 nitrogen and oxygen atoms in total. The molecule has 16 rings (SSSR count). The van der Waals surface area contributed by atoms with Crippen LogP contribution in [-0.4, -0.2) is 0 Å². The van der Waals surface area contributed by atoms with Crippen LogP contribution < -0.4 is 9.80 Å². The summed E-state index contributed by atoms with van der Waals surface area (Å²) in [5, 5.41) is 15.2. The Morgan fingerprint density at radius 2 is 0.725 bits per heavy atom. The highest BCUT2D eigenvalue weighted by molar-refractivity contribution is 7.25. The van der Waals surface area contributed by atoms with E-state index in [4.69, 9.17) is 0 Å². The van der Waals surface area contributed by atoms with Crippen LogP contribution in [0.25, 0.3) is 107 Å². The fourth-order valence-electron chi connectivity index (χ4n) is 13.3. The molecule has 0 unspecified atom stereocenters. The topological polar surface area (TPSA) is 6.48 Å². The van der Waals surface area contributed by atoms with Crippen LogP contribution in [0.15, 0.2) is 279 Å². The molecule has 1 aliphatic carbocycles. The number of nitrogens with zero attached hydrogens (tertiary/aromatic N) is 2. The second kappa shape index (κ2) is 18.1. The Morgan fingerprint density at radius 3 is 1.41 bits per heavy atom. The summed E-state index contributed by atoms with van der Waals surface area (Å²) in [4.78, 5) is 4.92. The molecule has 0 amide bonds. The maximum Gasteiger partial charge on any atom is 0.0540 e. The summed E-state index contributed by atoms with van der Waals surface area (Å²) in [6.07, 6.45) is 0. The van der Waals surface area contributed by atoms with E-state index in [-0.39, 0.29) is 5.41 Å². The van der Waals surface area contributed by atoms with Gasteiger partial charge in [-0.2, -0.15) is 0 Å². The van der Waals surface area contributed by atoms with Gasteiger partial charge >= 0.3 is 0 Å². The van der Waals surface area contributed by atoms with Gasteiger partial charge in [-0.1, -0.05) is 208 Å². The Balaban J connectivity index is 0.842. The monoisotopic (exact) mass is 1040 g/mol. The van der Waals surface area contributed by atoms with Crippen molar-refractivity contribution in [1.82, 2.24) is 0 Å². The van der Waals surface area contributed by atoms with Crippen molar-refractivity contribution in [2.24, 2.45) is 0 Å². The molecule has 0 saturated heterocycles. The van der Waals surface area contributed by atoms with Crippen LogP contribution in [0.4, 0.5) is 34.1 Å². The van der Waals surface area contributed by atoms with Gasteiger partial charge in [0.1, 0.15) is 0 Å². The highest BCUT2D eigenvalue weighted by Gasteiger charge is 2.37. The second-order valence-corrected chi connectivity index (χ2v) is 23.1. The number of para-hydroxylation sites is 1. The molecule has 0 N–H and O–H groups in total. The van der Waals surface area contributed by atoms with Crippen molar-refractivity contribution >= 4 is 119 Å². The van der Waals surface area contributed by atoms with E-state index in [2.05, 4.69) is 303 Å². The quantitative estimate of drug-likeness (QED) is 0.140. The number of rotatable bonds is 8. The molecule has 80 heavy (non-hydrogen) atoms. The van der Waals surface area contributed by atoms with Gasteiger partial charge in [0.15, 0.2) is 0 Å². The molecule has 1 heterocycles. The van der Waals surface area contributed by atoms with Gasteiger partial charge in [0.05, 0.1) is 11.4 Å². The third-order valence-electron chi connectivity index (χ3n) is 17.2. The molecule has 0 saturated carbocycles. The zero-order valence-corrected chi connectivity index (χ0v) is 45.2. The van der Waals surface area contributed by atoms with E-state index in [9.17, 15) is 0 Å². The lowest BCUT2D eigenvalue weighted by atomic mass is 9.82. The maximum atomic E-state index is 2.49. The average Bonchev–Trinajstić information content (AvgIpc) is 4.06. The highest BCUT2D eigenvalue weighted by Crippen LogP contribution is 2.54. The molecule has 1 aliphatic rings. The fraction of sp³-hybridized carbons (Fsp3) is 0.0390. The lowest BCUT2D eigenvalue weighted by molar-refractivity contribution is 0.660. The van der Waals surface area contributed by atoms with Crippen LogP contribution in [0.2, 0.25) is 0 Å². The van der Waals surface area contributed by atoms with E-state index >= 15 is 0 Å². The van der Waals surface area contributed by atoms with Crippen LogP contribution in [0.5, 0.6) is 0 Å². The minimum atomic E-state index is -0.310.